The van der Waals surface area contributed by atoms with Gasteiger partial charge in [0.05, 0.1) is 5.41 Å². The van der Waals surface area contributed by atoms with Crippen LogP contribution < -0.4 is 0 Å². The zero-order chi connectivity index (χ0) is 15.7. The average Bonchev–Trinajstić information content (AvgIpc) is 2.38. The first-order valence-corrected chi connectivity index (χ1v) is 8.20. The van der Waals surface area contributed by atoms with Crippen LogP contribution in [0.4, 0.5) is 0 Å². The van der Waals surface area contributed by atoms with Crippen molar-refractivity contribution in [2.24, 2.45) is 5.41 Å². The molecular formula is C19H28O2. The maximum absolute atomic E-state index is 12.0. The second-order valence-corrected chi connectivity index (χ2v) is 7.04. The lowest BCUT2D eigenvalue weighted by Gasteiger charge is -2.55. The Morgan fingerprint density at radius 2 is 1.67 bits per heavy atom. The molecule has 1 aliphatic rings. The molecule has 1 fully saturated rings. The maximum Gasteiger partial charge on any atom is 0.314 e. The summed E-state index contributed by atoms with van der Waals surface area (Å²) >= 11 is 0. The van der Waals surface area contributed by atoms with Crippen molar-refractivity contribution in [3.8, 4) is 0 Å². The van der Waals surface area contributed by atoms with E-state index in [-0.39, 0.29) is 5.41 Å². The highest BCUT2D eigenvalue weighted by Gasteiger charge is 2.58. The lowest BCUT2D eigenvalue weighted by molar-refractivity contribution is -0.155. The zero-order valence-electron chi connectivity index (χ0n) is 13.8. The van der Waals surface area contributed by atoms with Crippen LogP contribution in [0.5, 0.6) is 0 Å². The molecule has 0 aliphatic heterocycles. The van der Waals surface area contributed by atoms with Crippen LogP contribution in [0.1, 0.15) is 69.1 Å². The summed E-state index contributed by atoms with van der Waals surface area (Å²) in [6.07, 6.45) is 6.20. The molecule has 1 N–H and O–H groups in total. The van der Waals surface area contributed by atoms with Crippen LogP contribution in [0.15, 0.2) is 18.2 Å². The first-order chi connectivity index (χ1) is 9.89. The third-order valence-electron chi connectivity index (χ3n) is 5.38. The molecule has 0 atom stereocenters. The Balaban J connectivity index is 2.33. The number of carbonyl (C=O) groups is 1. The molecule has 0 bridgehead atoms. The average molecular weight is 288 g/mol. The number of aliphatic carboxylic acids is 1. The predicted octanol–water partition coefficient (Wildman–Crippen LogP) is 5.01. The molecule has 2 nitrogen and oxygen atoms in total. The summed E-state index contributed by atoms with van der Waals surface area (Å²) in [4.78, 5) is 12.0. The van der Waals surface area contributed by atoms with Crippen molar-refractivity contribution < 1.29 is 9.90 Å². The quantitative estimate of drug-likeness (QED) is 0.799. The molecule has 0 radical (unpaired) electrons. The van der Waals surface area contributed by atoms with Gasteiger partial charge >= 0.3 is 5.97 Å². The van der Waals surface area contributed by atoms with Crippen molar-refractivity contribution in [3.63, 3.8) is 0 Å². The van der Waals surface area contributed by atoms with Gasteiger partial charge < -0.3 is 5.11 Å². The van der Waals surface area contributed by atoms with Crippen molar-refractivity contribution in [1.82, 2.24) is 0 Å². The standard InChI is InChI=1S/C19H28O2/c1-5-9-18(10-6-2)12-19(13-18,17(20)21)16-8-7-14(3)15(4)11-16/h7-8,11H,5-6,9-10,12-13H2,1-4H3,(H,20,21). The van der Waals surface area contributed by atoms with Gasteiger partial charge in [-0.05, 0) is 61.6 Å². The monoisotopic (exact) mass is 288 g/mol. The molecule has 0 aromatic heterocycles. The minimum atomic E-state index is -0.650. The summed E-state index contributed by atoms with van der Waals surface area (Å²) in [6.45, 7) is 8.55. The second kappa shape index (κ2) is 5.82. The highest BCUT2D eigenvalue weighted by atomic mass is 16.4. The van der Waals surface area contributed by atoms with E-state index < -0.39 is 11.4 Å². The lowest BCUT2D eigenvalue weighted by Crippen LogP contribution is -2.54. The summed E-state index contributed by atoms with van der Waals surface area (Å²) in [5.41, 5.74) is 3.02. The highest BCUT2D eigenvalue weighted by molar-refractivity contribution is 5.83. The molecule has 0 amide bonds. The van der Waals surface area contributed by atoms with Crippen molar-refractivity contribution >= 4 is 5.97 Å². The summed E-state index contributed by atoms with van der Waals surface area (Å²) in [5, 5.41) is 9.87. The third kappa shape index (κ3) is 2.73. The number of hydrogen-bond donors (Lipinski definition) is 1. The molecule has 116 valence electrons. The van der Waals surface area contributed by atoms with Crippen LogP contribution >= 0.6 is 0 Å². The summed E-state index contributed by atoms with van der Waals surface area (Å²) in [5.74, 6) is -0.645. The summed E-state index contributed by atoms with van der Waals surface area (Å²) in [7, 11) is 0. The molecule has 1 aliphatic carbocycles. The molecule has 2 rings (SSSR count). The maximum atomic E-state index is 12.0. The molecular weight excluding hydrogens is 260 g/mol. The first kappa shape index (κ1) is 16.1. The summed E-state index contributed by atoms with van der Waals surface area (Å²) < 4.78 is 0. The third-order valence-corrected chi connectivity index (χ3v) is 5.38. The van der Waals surface area contributed by atoms with E-state index in [2.05, 4.69) is 39.8 Å². The number of carboxylic acid groups (broad SMARTS) is 1. The number of hydrogen-bond acceptors (Lipinski definition) is 1. The number of carboxylic acids is 1. The predicted molar refractivity (Wildman–Crippen MR) is 86.7 cm³/mol. The van der Waals surface area contributed by atoms with Crippen molar-refractivity contribution in [2.45, 2.75) is 71.6 Å². The van der Waals surface area contributed by atoms with Crippen LogP contribution in [0.2, 0.25) is 0 Å². The molecule has 0 saturated heterocycles. The number of rotatable bonds is 6. The molecule has 2 heteroatoms. The van der Waals surface area contributed by atoms with Crippen LogP contribution in [0.25, 0.3) is 0 Å². The van der Waals surface area contributed by atoms with Crippen molar-refractivity contribution in [1.29, 1.82) is 0 Å². The Kier molecular flexibility index (Phi) is 4.46. The van der Waals surface area contributed by atoms with Gasteiger partial charge in [0, 0.05) is 0 Å². The van der Waals surface area contributed by atoms with E-state index >= 15 is 0 Å². The van der Waals surface area contributed by atoms with Crippen molar-refractivity contribution in [3.05, 3.63) is 34.9 Å². The topological polar surface area (TPSA) is 37.3 Å². The zero-order valence-corrected chi connectivity index (χ0v) is 13.8. The Morgan fingerprint density at radius 1 is 1.10 bits per heavy atom. The van der Waals surface area contributed by atoms with Gasteiger partial charge in [-0.2, -0.15) is 0 Å². The van der Waals surface area contributed by atoms with Gasteiger partial charge in [0.25, 0.3) is 0 Å². The van der Waals surface area contributed by atoms with Gasteiger partial charge in [0.1, 0.15) is 0 Å². The summed E-state index contributed by atoms with van der Waals surface area (Å²) in [6, 6.07) is 6.18. The van der Waals surface area contributed by atoms with Gasteiger partial charge in [0.15, 0.2) is 0 Å². The normalized spacial score (nSPS) is 19.0. The van der Waals surface area contributed by atoms with E-state index in [1.165, 1.54) is 11.1 Å². The van der Waals surface area contributed by atoms with E-state index in [1.807, 2.05) is 6.07 Å². The van der Waals surface area contributed by atoms with Crippen LogP contribution in [-0.2, 0) is 10.2 Å². The largest absolute Gasteiger partial charge is 0.481 e. The molecule has 0 heterocycles. The van der Waals surface area contributed by atoms with Gasteiger partial charge in [0.2, 0.25) is 0 Å². The van der Waals surface area contributed by atoms with Gasteiger partial charge in [-0.3, -0.25) is 4.79 Å². The molecule has 0 unspecified atom stereocenters. The Labute approximate surface area is 128 Å². The van der Waals surface area contributed by atoms with E-state index in [9.17, 15) is 9.90 Å². The first-order valence-electron chi connectivity index (χ1n) is 8.20. The SMILES string of the molecule is CCCC1(CCC)CC(C(=O)O)(c2ccc(C)c(C)c2)C1. The molecule has 21 heavy (non-hydrogen) atoms. The van der Waals surface area contributed by atoms with Crippen LogP contribution in [0.3, 0.4) is 0 Å². The second-order valence-electron chi connectivity index (χ2n) is 7.04. The highest BCUT2D eigenvalue weighted by Crippen LogP contribution is 2.60. The van der Waals surface area contributed by atoms with Crippen LogP contribution in [-0.4, -0.2) is 11.1 Å². The molecule has 1 saturated carbocycles. The Morgan fingerprint density at radius 3 is 2.10 bits per heavy atom. The van der Waals surface area contributed by atoms with Gasteiger partial charge in [-0.25, -0.2) is 0 Å². The van der Waals surface area contributed by atoms with Crippen LogP contribution in [0, 0.1) is 19.3 Å². The van der Waals surface area contributed by atoms with Crippen molar-refractivity contribution in [2.75, 3.05) is 0 Å². The Hall–Kier alpha value is -1.31. The molecule has 0 spiro atoms. The fourth-order valence-electron chi connectivity index (χ4n) is 4.29. The smallest absolute Gasteiger partial charge is 0.314 e. The fraction of sp³-hybridized carbons (Fsp3) is 0.632. The minimum Gasteiger partial charge on any atom is -0.481 e. The molecule has 1 aromatic carbocycles. The number of aryl methyl sites for hydroxylation is 2. The van der Waals surface area contributed by atoms with Gasteiger partial charge in [-0.15, -0.1) is 0 Å². The molecule has 1 aromatic rings. The van der Waals surface area contributed by atoms with Gasteiger partial charge in [-0.1, -0.05) is 44.9 Å². The lowest BCUT2D eigenvalue weighted by atomic mass is 9.48. The van der Waals surface area contributed by atoms with E-state index in [4.69, 9.17) is 0 Å². The fourth-order valence-corrected chi connectivity index (χ4v) is 4.29. The van der Waals surface area contributed by atoms with E-state index in [0.29, 0.717) is 0 Å². The van der Waals surface area contributed by atoms with E-state index in [0.717, 1.165) is 44.1 Å². The number of benzene rings is 1. The minimum absolute atomic E-state index is 0.251. The van der Waals surface area contributed by atoms with E-state index in [1.54, 1.807) is 0 Å². The Bertz CT molecular complexity index is 516.